The lowest BCUT2D eigenvalue weighted by Crippen LogP contribution is -2.27. The van der Waals surface area contributed by atoms with Gasteiger partial charge in [0.05, 0.1) is 19.1 Å². The van der Waals surface area contributed by atoms with E-state index in [4.69, 9.17) is 9.47 Å². The number of unbranched alkanes of at least 4 members (excludes halogenated alkanes) is 1. The van der Waals surface area contributed by atoms with E-state index >= 15 is 0 Å². The van der Waals surface area contributed by atoms with Crippen LogP contribution in [0.3, 0.4) is 0 Å². The molecule has 76 valence electrons. The van der Waals surface area contributed by atoms with Crippen LogP contribution in [0, 0.1) is 5.92 Å². The molecule has 1 atom stereocenters. The Hall–Kier alpha value is -0.570. The molecule has 1 unspecified atom stereocenters. The summed E-state index contributed by atoms with van der Waals surface area (Å²) in [5, 5.41) is 0. The highest BCUT2D eigenvalue weighted by atomic mass is 16.5. The van der Waals surface area contributed by atoms with Gasteiger partial charge >= 0.3 is 5.97 Å². The van der Waals surface area contributed by atoms with Crippen molar-refractivity contribution in [2.24, 2.45) is 5.92 Å². The highest BCUT2D eigenvalue weighted by molar-refractivity contribution is 5.72. The van der Waals surface area contributed by atoms with Crippen LogP contribution in [0.1, 0.15) is 32.6 Å². The first-order chi connectivity index (χ1) is 6.34. The molecule has 1 saturated heterocycles. The molecule has 1 aliphatic heterocycles. The number of esters is 1. The molecular weight excluding hydrogens is 168 g/mol. The van der Waals surface area contributed by atoms with Crippen molar-refractivity contribution in [1.82, 2.24) is 0 Å². The topological polar surface area (TPSA) is 35.5 Å². The molecule has 1 heterocycles. The number of hydrogen-bond acceptors (Lipinski definition) is 3. The largest absolute Gasteiger partial charge is 0.465 e. The van der Waals surface area contributed by atoms with Gasteiger partial charge in [-0.1, -0.05) is 13.3 Å². The third kappa shape index (κ3) is 3.77. The Labute approximate surface area is 79.4 Å². The van der Waals surface area contributed by atoms with Crippen LogP contribution in [0.5, 0.6) is 0 Å². The minimum Gasteiger partial charge on any atom is -0.465 e. The summed E-state index contributed by atoms with van der Waals surface area (Å²) in [5.74, 6) is -0.0845. The molecule has 0 aromatic heterocycles. The lowest BCUT2D eigenvalue weighted by molar-refractivity contribution is -0.153. The minimum absolute atomic E-state index is 0.00870. The van der Waals surface area contributed by atoms with Gasteiger partial charge in [0, 0.05) is 6.61 Å². The first-order valence-electron chi connectivity index (χ1n) is 5.09. The number of hydrogen-bond donors (Lipinski definition) is 0. The van der Waals surface area contributed by atoms with Gasteiger partial charge in [0.2, 0.25) is 0 Å². The first-order valence-corrected chi connectivity index (χ1v) is 5.09. The minimum atomic E-state index is -0.0758. The van der Waals surface area contributed by atoms with Crippen molar-refractivity contribution in [3.05, 3.63) is 0 Å². The summed E-state index contributed by atoms with van der Waals surface area (Å²) in [6, 6.07) is 0. The maximum absolute atomic E-state index is 11.4. The van der Waals surface area contributed by atoms with Crippen LogP contribution in [0.25, 0.3) is 0 Å². The maximum atomic E-state index is 11.4. The van der Waals surface area contributed by atoms with Crippen LogP contribution >= 0.6 is 0 Å². The Kier molecular flexibility index (Phi) is 4.83. The standard InChI is InChI=1S/C10H18O3/c1-2-3-7-13-10(11)9-5-4-6-12-8-9/h9H,2-8H2,1H3. The zero-order valence-electron chi connectivity index (χ0n) is 8.25. The van der Waals surface area contributed by atoms with Gasteiger partial charge in [-0.15, -0.1) is 0 Å². The Morgan fingerprint density at radius 1 is 1.62 bits per heavy atom. The summed E-state index contributed by atoms with van der Waals surface area (Å²) in [5.41, 5.74) is 0. The molecule has 0 N–H and O–H groups in total. The van der Waals surface area contributed by atoms with Crippen molar-refractivity contribution in [3.8, 4) is 0 Å². The molecule has 0 aliphatic carbocycles. The third-order valence-electron chi connectivity index (χ3n) is 2.24. The van der Waals surface area contributed by atoms with Crippen LogP contribution in [-0.4, -0.2) is 25.8 Å². The highest BCUT2D eigenvalue weighted by Crippen LogP contribution is 2.14. The summed E-state index contributed by atoms with van der Waals surface area (Å²) in [6.07, 6.45) is 3.92. The van der Waals surface area contributed by atoms with E-state index in [1.165, 1.54) is 0 Å². The first kappa shape index (κ1) is 10.5. The Morgan fingerprint density at radius 3 is 3.08 bits per heavy atom. The maximum Gasteiger partial charge on any atom is 0.311 e. The lowest BCUT2D eigenvalue weighted by Gasteiger charge is -2.20. The normalized spacial score (nSPS) is 22.7. The van der Waals surface area contributed by atoms with Crippen molar-refractivity contribution >= 4 is 5.97 Å². The van der Waals surface area contributed by atoms with E-state index in [0.29, 0.717) is 13.2 Å². The third-order valence-corrected chi connectivity index (χ3v) is 2.24. The Morgan fingerprint density at radius 2 is 2.46 bits per heavy atom. The van der Waals surface area contributed by atoms with E-state index in [-0.39, 0.29) is 11.9 Å². The highest BCUT2D eigenvalue weighted by Gasteiger charge is 2.22. The molecule has 0 aromatic rings. The molecule has 3 nitrogen and oxygen atoms in total. The van der Waals surface area contributed by atoms with E-state index in [9.17, 15) is 4.79 Å². The van der Waals surface area contributed by atoms with Gasteiger partial charge in [0.15, 0.2) is 0 Å². The van der Waals surface area contributed by atoms with Gasteiger partial charge in [-0.25, -0.2) is 0 Å². The number of carbonyl (C=O) groups excluding carboxylic acids is 1. The average Bonchev–Trinajstić information content (AvgIpc) is 2.19. The van der Waals surface area contributed by atoms with E-state index in [0.717, 1.165) is 32.3 Å². The second-order valence-electron chi connectivity index (χ2n) is 3.44. The zero-order valence-corrected chi connectivity index (χ0v) is 8.25. The van der Waals surface area contributed by atoms with E-state index in [1.807, 2.05) is 0 Å². The summed E-state index contributed by atoms with van der Waals surface area (Å²) in [7, 11) is 0. The molecule has 0 saturated carbocycles. The number of carbonyl (C=O) groups is 1. The molecule has 0 amide bonds. The quantitative estimate of drug-likeness (QED) is 0.495. The van der Waals surface area contributed by atoms with Crippen molar-refractivity contribution in [2.75, 3.05) is 19.8 Å². The van der Waals surface area contributed by atoms with Gasteiger partial charge in [-0.3, -0.25) is 4.79 Å². The molecule has 1 aliphatic rings. The van der Waals surface area contributed by atoms with Crippen molar-refractivity contribution in [1.29, 1.82) is 0 Å². The second kappa shape index (κ2) is 5.97. The van der Waals surface area contributed by atoms with Crippen LogP contribution < -0.4 is 0 Å². The van der Waals surface area contributed by atoms with Crippen LogP contribution in [-0.2, 0) is 14.3 Å². The fourth-order valence-electron chi connectivity index (χ4n) is 1.36. The molecule has 1 rings (SSSR count). The number of ether oxygens (including phenoxy) is 2. The van der Waals surface area contributed by atoms with Gasteiger partial charge in [0.1, 0.15) is 0 Å². The van der Waals surface area contributed by atoms with Crippen molar-refractivity contribution in [3.63, 3.8) is 0 Å². The van der Waals surface area contributed by atoms with Gasteiger partial charge < -0.3 is 9.47 Å². The molecule has 0 spiro atoms. The Balaban J connectivity index is 2.13. The lowest BCUT2D eigenvalue weighted by atomic mass is 10.0. The van der Waals surface area contributed by atoms with E-state index in [1.54, 1.807) is 0 Å². The fraction of sp³-hybridized carbons (Fsp3) is 0.900. The SMILES string of the molecule is CCCCOC(=O)C1CCCOC1. The predicted octanol–water partition coefficient (Wildman–Crippen LogP) is 1.76. The predicted molar refractivity (Wildman–Crippen MR) is 49.4 cm³/mol. The molecule has 0 aromatic carbocycles. The molecule has 13 heavy (non-hydrogen) atoms. The summed E-state index contributed by atoms with van der Waals surface area (Å²) in [6.45, 7) is 3.98. The summed E-state index contributed by atoms with van der Waals surface area (Å²) >= 11 is 0. The second-order valence-corrected chi connectivity index (χ2v) is 3.44. The van der Waals surface area contributed by atoms with E-state index in [2.05, 4.69) is 6.92 Å². The Bertz CT molecular complexity index is 150. The summed E-state index contributed by atoms with van der Waals surface area (Å²) in [4.78, 5) is 11.4. The molecular formula is C10H18O3. The molecule has 0 radical (unpaired) electrons. The molecule has 1 fully saturated rings. The van der Waals surface area contributed by atoms with Crippen molar-refractivity contribution in [2.45, 2.75) is 32.6 Å². The average molecular weight is 186 g/mol. The molecule has 0 bridgehead atoms. The fourth-order valence-corrected chi connectivity index (χ4v) is 1.36. The smallest absolute Gasteiger partial charge is 0.311 e. The van der Waals surface area contributed by atoms with Gasteiger partial charge in [-0.05, 0) is 19.3 Å². The summed E-state index contributed by atoms with van der Waals surface area (Å²) < 4.78 is 10.3. The van der Waals surface area contributed by atoms with Crippen LogP contribution in [0.4, 0.5) is 0 Å². The van der Waals surface area contributed by atoms with E-state index < -0.39 is 0 Å². The number of rotatable bonds is 4. The van der Waals surface area contributed by atoms with Crippen LogP contribution in [0.15, 0.2) is 0 Å². The van der Waals surface area contributed by atoms with Gasteiger partial charge in [-0.2, -0.15) is 0 Å². The monoisotopic (exact) mass is 186 g/mol. The zero-order chi connectivity index (χ0) is 9.52. The van der Waals surface area contributed by atoms with Gasteiger partial charge in [0.25, 0.3) is 0 Å². The van der Waals surface area contributed by atoms with Crippen molar-refractivity contribution < 1.29 is 14.3 Å². The van der Waals surface area contributed by atoms with Crippen LogP contribution in [0.2, 0.25) is 0 Å². The molecule has 3 heteroatoms.